The summed E-state index contributed by atoms with van der Waals surface area (Å²) in [6.07, 6.45) is -1.04. The van der Waals surface area contributed by atoms with Gasteiger partial charge in [-0.3, -0.25) is 19.3 Å². The minimum Gasteiger partial charge on any atom is -0.449 e. The second-order valence-electron chi connectivity index (χ2n) is 7.73. The number of aryl methyl sites for hydroxylation is 1. The van der Waals surface area contributed by atoms with Crippen LogP contribution in [0.4, 0.5) is 5.69 Å². The normalized spacial score (nSPS) is 14.0. The molecule has 1 atom stereocenters. The number of benzene rings is 2. The molecule has 0 saturated carbocycles. The highest BCUT2D eigenvalue weighted by Crippen LogP contribution is 2.25. The Morgan fingerprint density at radius 1 is 1.00 bits per heavy atom. The van der Waals surface area contributed by atoms with Crippen LogP contribution in [0.2, 0.25) is 0 Å². The van der Waals surface area contributed by atoms with E-state index in [-0.39, 0.29) is 28.5 Å². The fourth-order valence-corrected chi connectivity index (χ4v) is 3.18. The molecule has 7 heteroatoms. The summed E-state index contributed by atoms with van der Waals surface area (Å²) in [5.74, 6) is -1.87. The third-order valence-electron chi connectivity index (χ3n) is 4.81. The van der Waals surface area contributed by atoms with Crippen LogP contribution in [0.25, 0.3) is 0 Å². The first-order chi connectivity index (χ1) is 14.2. The van der Waals surface area contributed by atoms with E-state index in [2.05, 4.69) is 5.32 Å². The summed E-state index contributed by atoms with van der Waals surface area (Å²) in [6.45, 7) is 7.46. The number of ether oxygens (including phenoxy) is 1. The zero-order chi connectivity index (χ0) is 22.0. The Hall–Kier alpha value is -3.48. The summed E-state index contributed by atoms with van der Waals surface area (Å²) in [7, 11) is 0. The van der Waals surface area contributed by atoms with E-state index < -0.39 is 23.9 Å². The van der Waals surface area contributed by atoms with Crippen molar-refractivity contribution >= 4 is 29.4 Å². The van der Waals surface area contributed by atoms with Crippen LogP contribution in [0.5, 0.6) is 0 Å². The Balaban J connectivity index is 1.70. The number of amides is 3. The van der Waals surface area contributed by atoms with Crippen LogP contribution in [-0.2, 0) is 9.53 Å². The second-order valence-corrected chi connectivity index (χ2v) is 7.73. The molecular formula is C23H24N2O5. The number of carbonyl (C=O) groups excluding carboxylic acids is 4. The summed E-state index contributed by atoms with van der Waals surface area (Å²) >= 11 is 0. The molecule has 3 rings (SSSR count). The second kappa shape index (κ2) is 8.49. The predicted octanol–water partition coefficient (Wildman–Crippen LogP) is 3.43. The van der Waals surface area contributed by atoms with Crippen molar-refractivity contribution in [3.63, 3.8) is 0 Å². The molecule has 0 spiro atoms. The van der Waals surface area contributed by atoms with Crippen molar-refractivity contribution in [2.45, 2.75) is 33.8 Å². The van der Waals surface area contributed by atoms with E-state index in [4.69, 9.17) is 4.74 Å². The number of rotatable bonds is 6. The maximum Gasteiger partial charge on any atom is 0.338 e. The molecule has 3 amide bonds. The predicted molar refractivity (Wildman–Crippen MR) is 111 cm³/mol. The highest BCUT2D eigenvalue weighted by Gasteiger charge is 2.36. The average Bonchev–Trinajstić information content (AvgIpc) is 2.93. The van der Waals surface area contributed by atoms with Gasteiger partial charge < -0.3 is 10.1 Å². The molecule has 0 saturated heterocycles. The summed E-state index contributed by atoms with van der Waals surface area (Å²) in [5, 5.41) is 2.72. The first kappa shape index (κ1) is 21.2. The molecule has 0 aromatic heterocycles. The molecule has 7 nitrogen and oxygen atoms in total. The van der Waals surface area contributed by atoms with Crippen LogP contribution >= 0.6 is 0 Å². The molecule has 0 fully saturated rings. The third kappa shape index (κ3) is 4.25. The Morgan fingerprint density at radius 2 is 1.67 bits per heavy atom. The quantitative estimate of drug-likeness (QED) is 0.584. The number of fused-ring (bicyclic) bond motifs is 1. The molecule has 2 aromatic carbocycles. The minimum absolute atomic E-state index is 0.108. The third-order valence-corrected chi connectivity index (χ3v) is 4.81. The Morgan fingerprint density at radius 3 is 2.33 bits per heavy atom. The van der Waals surface area contributed by atoms with Gasteiger partial charge in [0.15, 0.2) is 6.10 Å². The lowest BCUT2D eigenvalue weighted by atomic mass is 10.1. The lowest BCUT2D eigenvalue weighted by Crippen LogP contribution is -2.33. The maximum absolute atomic E-state index is 12.6. The van der Waals surface area contributed by atoms with Crippen molar-refractivity contribution in [1.82, 2.24) is 4.90 Å². The zero-order valence-corrected chi connectivity index (χ0v) is 17.4. The van der Waals surface area contributed by atoms with Gasteiger partial charge in [-0.25, -0.2) is 4.79 Å². The highest BCUT2D eigenvalue weighted by atomic mass is 16.5. The van der Waals surface area contributed by atoms with E-state index >= 15 is 0 Å². The molecule has 156 valence electrons. The average molecular weight is 408 g/mol. The van der Waals surface area contributed by atoms with Crippen LogP contribution in [0.3, 0.4) is 0 Å². The van der Waals surface area contributed by atoms with E-state index in [1.54, 1.807) is 12.1 Å². The topological polar surface area (TPSA) is 92.8 Å². The zero-order valence-electron chi connectivity index (χ0n) is 17.4. The monoisotopic (exact) mass is 408 g/mol. The summed E-state index contributed by atoms with van der Waals surface area (Å²) in [6, 6.07) is 11.5. The molecule has 1 heterocycles. The van der Waals surface area contributed by atoms with Crippen LogP contribution in [0.1, 0.15) is 57.4 Å². The molecule has 1 aliphatic heterocycles. The maximum atomic E-state index is 12.6. The first-order valence-electron chi connectivity index (χ1n) is 9.76. The summed E-state index contributed by atoms with van der Waals surface area (Å²) in [4.78, 5) is 51.1. The fourth-order valence-electron chi connectivity index (χ4n) is 3.18. The van der Waals surface area contributed by atoms with E-state index in [9.17, 15) is 19.2 Å². The van der Waals surface area contributed by atoms with Crippen LogP contribution in [0.15, 0.2) is 42.5 Å². The van der Waals surface area contributed by atoms with Gasteiger partial charge >= 0.3 is 5.97 Å². The first-order valence-corrected chi connectivity index (χ1v) is 9.76. The number of carbonyl (C=O) groups is 4. The number of nitrogens with one attached hydrogen (secondary N) is 1. The number of hydrogen-bond donors (Lipinski definition) is 1. The molecule has 0 unspecified atom stereocenters. The van der Waals surface area contributed by atoms with Crippen LogP contribution in [0, 0.1) is 12.8 Å². The van der Waals surface area contributed by atoms with Crippen molar-refractivity contribution in [2.75, 3.05) is 11.9 Å². The molecule has 1 aliphatic rings. The molecule has 2 aromatic rings. The van der Waals surface area contributed by atoms with Gasteiger partial charge in [0.25, 0.3) is 17.7 Å². The van der Waals surface area contributed by atoms with Gasteiger partial charge in [-0.15, -0.1) is 0 Å². The SMILES string of the molecule is Cc1ccccc1NC(=O)[C@H](C)OC(=O)c1ccc2c(c1)C(=O)N(CC(C)C)C2=O. The molecule has 0 bridgehead atoms. The lowest BCUT2D eigenvalue weighted by molar-refractivity contribution is -0.123. The Labute approximate surface area is 175 Å². The number of nitrogens with zero attached hydrogens (tertiary/aromatic N) is 1. The van der Waals surface area contributed by atoms with Gasteiger partial charge in [0, 0.05) is 12.2 Å². The van der Waals surface area contributed by atoms with Gasteiger partial charge in [0.2, 0.25) is 0 Å². The lowest BCUT2D eigenvalue weighted by Gasteiger charge is -2.15. The van der Waals surface area contributed by atoms with Gasteiger partial charge in [-0.05, 0) is 49.6 Å². The Bertz CT molecular complexity index is 1030. The smallest absolute Gasteiger partial charge is 0.338 e. The van der Waals surface area contributed by atoms with Crippen molar-refractivity contribution in [1.29, 1.82) is 0 Å². The molecular weight excluding hydrogens is 384 g/mol. The molecule has 30 heavy (non-hydrogen) atoms. The molecule has 0 radical (unpaired) electrons. The van der Waals surface area contributed by atoms with Gasteiger partial charge in [-0.1, -0.05) is 32.0 Å². The largest absolute Gasteiger partial charge is 0.449 e. The van der Waals surface area contributed by atoms with Crippen molar-refractivity contribution in [3.05, 3.63) is 64.7 Å². The summed E-state index contributed by atoms with van der Waals surface area (Å²) in [5.41, 5.74) is 2.07. The number of para-hydroxylation sites is 1. The van der Waals surface area contributed by atoms with Crippen LogP contribution < -0.4 is 5.32 Å². The van der Waals surface area contributed by atoms with Gasteiger partial charge in [-0.2, -0.15) is 0 Å². The summed E-state index contributed by atoms with van der Waals surface area (Å²) < 4.78 is 5.26. The highest BCUT2D eigenvalue weighted by molar-refractivity contribution is 6.22. The van der Waals surface area contributed by atoms with E-state index in [0.29, 0.717) is 12.2 Å². The number of esters is 1. The molecule has 0 aliphatic carbocycles. The van der Waals surface area contributed by atoms with E-state index in [1.165, 1.54) is 30.0 Å². The number of anilines is 1. The number of hydrogen-bond acceptors (Lipinski definition) is 5. The van der Waals surface area contributed by atoms with Crippen LogP contribution in [-0.4, -0.2) is 41.2 Å². The van der Waals surface area contributed by atoms with Crippen molar-refractivity contribution in [3.8, 4) is 0 Å². The van der Waals surface area contributed by atoms with E-state index in [0.717, 1.165) is 5.56 Å². The number of imide groups is 1. The van der Waals surface area contributed by atoms with E-state index in [1.807, 2.05) is 32.9 Å². The molecule has 1 N–H and O–H groups in total. The fraction of sp³-hybridized carbons (Fsp3) is 0.304. The Kier molecular flexibility index (Phi) is 6.01. The minimum atomic E-state index is -1.04. The van der Waals surface area contributed by atoms with Gasteiger partial charge in [0.05, 0.1) is 16.7 Å². The van der Waals surface area contributed by atoms with Gasteiger partial charge in [0.1, 0.15) is 0 Å². The standard InChI is InChI=1S/C23H24N2O5/c1-13(2)12-25-21(27)17-10-9-16(11-18(17)22(25)28)23(29)30-15(4)20(26)24-19-8-6-5-7-14(19)3/h5-11,13,15H,12H2,1-4H3,(H,24,26)/t15-/m0/s1. The van der Waals surface area contributed by atoms with Crippen molar-refractivity contribution in [2.24, 2.45) is 5.92 Å². The van der Waals surface area contributed by atoms with Crippen molar-refractivity contribution < 1.29 is 23.9 Å².